The second-order valence-corrected chi connectivity index (χ2v) is 6.33. The summed E-state index contributed by atoms with van der Waals surface area (Å²) in [4.78, 5) is 24.3. The van der Waals surface area contributed by atoms with Crippen molar-refractivity contribution in [3.63, 3.8) is 0 Å². The van der Waals surface area contributed by atoms with Crippen molar-refractivity contribution in [3.05, 3.63) is 53.9 Å². The van der Waals surface area contributed by atoms with Crippen molar-refractivity contribution in [2.24, 2.45) is 5.92 Å². The van der Waals surface area contributed by atoms with Crippen LogP contribution in [0.2, 0.25) is 0 Å². The molecule has 1 amide bonds. The maximum Gasteiger partial charge on any atom is 0.252 e. The summed E-state index contributed by atoms with van der Waals surface area (Å²) in [5.41, 5.74) is 1.27. The summed E-state index contributed by atoms with van der Waals surface area (Å²) < 4.78 is 5.27. The van der Waals surface area contributed by atoms with Gasteiger partial charge in [-0.15, -0.1) is 0 Å². The molecule has 7 heteroatoms. The Morgan fingerprint density at radius 2 is 2.08 bits per heavy atom. The van der Waals surface area contributed by atoms with Gasteiger partial charge in [-0.3, -0.25) is 4.79 Å². The lowest BCUT2D eigenvalue weighted by Gasteiger charge is -2.12. The lowest BCUT2D eigenvalue weighted by atomic mass is 10.1. The Morgan fingerprint density at radius 1 is 1.28 bits per heavy atom. The van der Waals surface area contributed by atoms with Crippen LogP contribution in [0.1, 0.15) is 48.9 Å². The molecular formula is C18H21N5O2. The highest BCUT2D eigenvalue weighted by atomic mass is 16.5. The Bertz CT molecular complexity index is 839. The zero-order chi connectivity index (χ0) is 17.8. The van der Waals surface area contributed by atoms with E-state index in [1.54, 1.807) is 18.5 Å². The van der Waals surface area contributed by atoms with Crippen LogP contribution in [0.25, 0.3) is 11.4 Å². The van der Waals surface area contributed by atoms with Gasteiger partial charge in [0.05, 0.1) is 5.56 Å². The maximum absolute atomic E-state index is 12.7. The standard InChI is InChI=1S/C18H21N5O2/c1-11(2)10-15-22-18(25-23-15)12(3)21-17(24)14-7-5-4-6-13(14)16-19-8-9-20-16/h4-9,11-12H,10H2,1-3H3,(H,19,20)(H,21,24)/t12-/m0/s1. The monoisotopic (exact) mass is 339 g/mol. The molecule has 0 spiro atoms. The van der Waals surface area contributed by atoms with Crippen molar-refractivity contribution in [2.45, 2.75) is 33.2 Å². The lowest BCUT2D eigenvalue weighted by Crippen LogP contribution is -2.27. The Morgan fingerprint density at radius 3 is 2.80 bits per heavy atom. The molecule has 2 heterocycles. The molecule has 130 valence electrons. The quantitative estimate of drug-likeness (QED) is 0.719. The molecule has 7 nitrogen and oxygen atoms in total. The smallest absolute Gasteiger partial charge is 0.252 e. The number of aromatic nitrogens is 4. The third kappa shape index (κ3) is 3.93. The predicted octanol–water partition coefficient (Wildman–Crippen LogP) is 3.15. The van der Waals surface area contributed by atoms with E-state index in [1.807, 2.05) is 25.1 Å². The average molecular weight is 339 g/mol. The third-order valence-electron chi connectivity index (χ3n) is 3.72. The summed E-state index contributed by atoms with van der Waals surface area (Å²) in [6, 6.07) is 6.92. The molecular weight excluding hydrogens is 318 g/mol. The molecule has 0 bridgehead atoms. The molecule has 0 aliphatic heterocycles. The first kappa shape index (κ1) is 16.9. The first-order valence-corrected chi connectivity index (χ1v) is 8.26. The number of amides is 1. The van der Waals surface area contributed by atoms with Crippen LogP contribution in [0.15, 0.2) is 41.2 Å². The van der Waals surface area contributed by atoms with Crippen LogP contribution in [-0.4, -0.2) is 26.0 Å². The summed E-state index contributed by atoms with van der Waals surface area (Å²) in [6.45, 7) is 6.00. The summed E-state index contributed by atoms with van der Waals surface area (Å²) in [5, 5.41) is 6.87. The number of nitrogens with one attached hydrogen (secondary N) is 2. The van der Waals surface area contributed by atoms with Gasteiger partial charge in [0, 0.05) is 24.4 Å². The zero-order valence-electron chi connectivity index (χ0n) is 14.5. The Balaban J connectivity index is 1.75. The Hall–Kier alpha value is -2.96. The second kappa shape index (κ2) is 7.29. The highest BCUT2D eigenvalue weighted by molar-refractivity contribution is 6.00. The minimum Gasteiger partial charge on any atom is -0.345 e. The largest absolute Gasteiger partial charge is 0.345 e. The topological polar surface area (TPSA) is 96.7 Å². The number of nitrogens with zero attached hydrogens (tertiary/aromatic N) is 3. The first-order valence-electron chi connectivity index (χ1n) is 8.26. The van der Waals surface area contributed by atoms with Gasteiger partial charge in [0.1, 0.15) is 11.9 Å². The van der Waals surface area contributed by atoms with Crippen LogP contribution in [0.4, 0.5) is 0 Å². The number of H-pyrrole nitrogens is 1. The fourth-order valence-electron chi connectivity index (χ4n) is 2.53. The van der Waals surface area contributed by atoms with E-state index in [1.165, 1.54) is 0 Å². The van der Waals surface area contributed by atoms with Crippen LogP contribution >= 0.6 is 0 Å². The van der Waals surface area contributed by atoms with Crippen molar-refractivity contribution in [1.82, 2.24) is 25.4 Å². The van der Waals surface area contributed by atoms with Gasteiger partial charge < -0.3 is 14.8 Å². The Labute approximate surface area is 145 Å². The van der Waals surface area contributed by atoms with Gasteiger partial charge in [0.2, 0.25) is 5.89 Å². The highest BCUT2D eigenvalue weighted by Gasteiger charge is 2.20. The van der Waals surface area contributed by atoms with E-state index in [0.29, 0.717) is 29.0 Å². The van der Waals surface area contributed by atoms with Gasteiger partial charge in [0.25, 0.3) is 5.91 Å². The Kier molecular flexibility index (Phi) is 4.92. The van der Waals surface area contributed by atoms with Gasteiger partial charge in [-0.05, 0) is 18.9 Å². The zero-order valence-corrected chi connectivity index (χ0v) is 14.5. The van der Waals surface area contributed by atoms with Crippen LogP contribution < -0.4 is 5.32 Å². The number of benzene rings is 1. The molecule has 1 aromatic carbocycles. The van der Waals surface area contributed by atoms with Gasteiger partial charge in [-0.25, -0.2) is 4.98 Å². The highest BCUT2D eigenvalue weighted by Crippen LogP contribution is 2.21. The van der Waals surface area contributed by atoms with Crippen LogP contribution in [-0.2, 0) is 6.42 Å². The van der Waals surface area contributed by atoms with Crippen LogP contribution in [0.3, 0.4) is 0 Å². The van der Waals surface area contributed by atoms with E-state index >= 15 is 0 Å². The van der Waals surface area contributed by atoms with E-state index in [0.717, 1.165) is 12.0 Å². The fraction of sp³-hybridized carbons (Fsp3) is 0.333. The molecule has 0 saturated heterocycles. The number of aromatic amines is 1. The molecule has 0 aliphatic rings. The summed E-state index contributed by atoms with van der Waals surface area (Å²) in [6.07, 6.45) is 4.12. The van der Waals surface area contributed by atoms with Crippen molar-refractivity contribution in [1.29, 1.82) is 0 Å². The van der Waals surface area contributed by atoms with Gasteiger partial charge in [0.15, 0.2) is 5.82 Å². The van der Waals surface area contributed by atoms with Gasteiger partial charge >= 0.3 is 0 Å². The minimum absolute atomic E-state index is 0.219. The lowest BCUT2D eigenvalue weighted by molar-refractivity contribution is 0.0933. The van der Waals surface area contributed by atoms with Crippen molar-refractivity contribution in [2.75, 3.05) is 0 Å². The number of carbonyl (C=O) groups is 1. The molecule has 1 atom stereocenters. The molecule has 0 saturated carbocycles. The first-order chi connectivity index (χ1) is 12.0. The summed E-state index contributed by atoms with van der Waals surface area (Å²) in [5.74, 6) is 1.93. The normalized spacial score (nSPS) is 12.3. The number of hydrogen-bond acceptors (Lipinski definition) is 5. The fourth-order valence-corrected chi connectivity index (χ4v) is 2.53. The van der Waals surface area contributed by atoms with E-state index in [4.69, 9.17) is 4.52 Å². The summed E-state index contributed by atoms with van der Waals surface area (Å²) in [7, 11) is 0. The molecule has 0 unspecified atom stereocenters. The molecule has 0 aliphatic carbocycles. The summed E-state index contributed by atoms with van der Waals surface area (Å²) >= 11 is 0. The van der Waals surface area contributed by atoms with Crippen molar-refractivity contribution in [3.8, 4) is 11.4 Å². The molecule has 0 fully saturated rings. The van der Waals surface area contributed by atoms with E-state index in [2.05, 4.69) is 39.3 Å². The molecule has 3 rings (SSSR count). The average Bonchev–Trinajstić information content (AvgIpc) is 3.26. The predicted molar refractivity (Wildman–Crippen MR) is 92.7 cm³/mol. The number of rotatable bonds is 6. The molecule has 2 aromatic heterocycles. The number of imidazole rings is 1. The van der Waals surface area contributed by atoms with Crippen molar-refractivity contribution < 1.29 is 9.32 Å². The number of carbonyl (C=O) groups excluding carboxylic acids is 1. The molecule has 0 radical (unpaired) electrons. The molecule has 2 N–H and O–H groups in total. The molecule has 25 heavy (non-hydrogen) atoms. The van der Waals surface area contributed by atoms with E-state index < -0.39 is 0 Å². The molecule has 3 aromatic rings. The van der Waals surface area contributed by atoms with E-state index in [9.17, 15) is 4.79 Å². The minimum atomic E-state index is -0.384. The van der Waals surface area contributed by atoms with Crippen LogP contribution in [0.5, 0.6) is 0 Å². The van der Waals surface area contributed by atoms with Gasteiger partial charge in [-0.1, -0.05) is 37.2 Å². The van der Waals surface area contributed by atoms with Crippen molar-refractivity contribution >= 4 is 5.91 Å². The number of hydrogen-bond donors (Lipinski definition) is 2. The maximum atomic E-state index is 12.7. The third-order valence-corrected chi connectivity index (χ3v) is 3.72. The van der Waals surface area contributed by atoms with E-state index in [-0.39, 0.29) is 11.9 Å². The SMILES string of the molecule is CC(C)Cc1noc([C@H](C)NC(=O)c2ccccc2-c2ncc[nH]2)n1. The van der Waals surface area contributed by atoms with Gasteiger partial charge in [-0.2, -0.15) is 4.98 Å². The van der Waals surface area contributed by atoms with Crippen LogP contribution in [0, 0.1) is 5.92 Å². The second-order valence-electron chi connectivity index (χ2n) is 6.33.